The molecule has 0 radical (unpaired) electrons. The van der Waals surface area contributed by atoms with E-state index in [4.69, 9.17) is 4.74 Å². The molecule has 0 bridgehead atoms. The average Bonchev–Trinajstić information content (AvgIpc) is 2.83. The Bertz CT molecular complexity index is 469. The van der Waals surface area contributed by atoms with Crippen LogP contribution in [0.15, 0.2) is 12.1 Å². The van der Waals surface area contributed by atoms with E-state index in [-0.39, 0.29) is 11.9 Å². The highest BCUT2D eigenvalue weighted by molar-refractivity contribution is 5.48. The minimum absolute atomic E-state index is 0.116. The summed E-state index contributed by atoms with van der Waals surface area (Å²) < 4.78 is 5.24. The second-order valence-corrected chi connectivity index (χ2v) is 5.95. The number of phenols is 1. The van der Waals surface area contributed by atoms with Crippen LogP contribution in [0.4, 0.5) is 0 Å². The fraction of sp³-hybridized carbons (Fsp3) is 0.625. The van der Waals surface area contributed by atoms with Gasteiger partial charge in [-0.25, -0.2) is 0 Å². The van der Waals surface area contributed by atoms with Crippen molar-refractivity contribution in [2.24, 2.45) is 5.92 Å². The van der Waals surface area contributed by atoms with Gasteiger partial charge in [0, 0.05) is 0 Å². The maximum absolute atomic E-state index is 9.90. The Balaban J connectivity index is 1.94. The number of rotatable bonds is 2. The standard InChI is InChI=1S/C16H22O3/c1-19-16-9-14-10(8-15(16)18)3-2-4-13(14)11-5-6-12(17)7-11/h8-9,11-13,17-18H,2-7H2,1H3. The maximum atomic E-state index is 9.90. The summed E-state index contributed by atoms with van der Waals surface area (Å²) in [4.78, 5) is 0. The lowest BCUT2D eigenvalue weighted by Crippen LogP contribution is -2.17. The van der Waals surface area contributed by atoms with Crippen LogP contribution in [0.1, 0.15) is 49.1 Å². The van der Waals surface area contributed by atoms with Crippen LogP contribution in [0.25, 0.3) is 0 Å². The third kappa shape index (κ3) is 2.32. The zero-order valence-corrected chi connectivity index (χ0v) is 11.4. The lowest BCUT2D eigenvalue weighted by molar-refractivity contribution is 0.174. The molecule has 2 aliphatic rings. The summed E-state index contributed by atoms with van der Waals surface area (Å²) in [6.45, 7) is 0. The number of aryl methyl sites for hydroxylation is 1. The highest BCUT2D eigenvalue weighted by Crippen LogP contribution is 2.46. The van der Waals surface area contributed by atoms with Crippen LogP contribution in [-0.2, 0) is 6.42 Å². The van der Waals surface area contributed by atoms with E-state index in [0.29, 0.717) is 17.6 Å². The van der Waals surface area contributed by atoms with Crippen molar-refractivity contribution in [1.82, 2.24) is 0 Å². The lowest BCUT2D eigenvalue weighted by atomic mass is 9.75. The van der Waals surface area contributed by atoms with Crippen molar-refractivity contribution in [3.05, 3.63) is 23.3 Å². The lowest BCUT2D eigenvalue weighted by Gasteiger charge is -2.30. The van der Waals surface area contributed by atoms with Gasteiger partial charge in [0.15, 0.2) is 11.5 Å². The Labute approximate surface area is 114 Å². The number of ether oxygens (including phenoxy) is 1. The fourth-order valence-electron chi connectivity index (χ4n) is 3.87. The summed E-state index contributed by atoms with van der Waals surface area (Å²) in [5.41, 5.74) is 2.59. The van der Waals surface area contributed by atoms with Gasteiger partial charge in [-0.15, -0.1) is 0 Å². The number of hydrogen-bond donors (Lipinski definition) is 2. The van der Waals surface area contributed by atoms with Crippen molar-refractivity contribution >= 4 is 0 Å². The van der Waals surface area contributed by atoms with Crippen molar-refractivity contribution < 1.29 is 14.9 Å². The molecule has 1 aromatic rings. The van der Waals surface area contributed by atoms with Crippen molar-refractivity contribution in [2.45, 2.75) is 50.5 Å². The van der Waals surface area contributed by atoms with E-state index in [1.165, 1.54) is 24.0 Å². The predicted molar refractivity (Wildman–Crippen MR) is 73.7 cm³/mol. The molecule has 3 rings (SSSR count). The van der Waals surface area contributed by atoms with Gasteiger partial charge in [0.1, 0.15) is 0 Å². The van der Waals surface area contributed by atoms with E-state index in [2.05, 4.69) is 0 Å². The predicted octanol–water partition coefficient (Wildman–Crippen LogP) is 2.98. The highest BCUT2D eigenvalue weighted by Gasteiger charge is 2.33. The fourth-order valence-corrected chi connectivity index (χ4v) is 3.87. The summed E-state index contributed by atoms with van der Waals surface area (Å²) in [5, 5.41) is 19.7. The normalized spacial score (nSPS) is 30.1. The number of aliphatic hydroxyl groups excluding tert-OH is 1. The molecule has 2 aliphatic carbocycles. The van der Waals surface area contributed by atoms with E-state index in [9.17, 15) is 10.2 Å². The first-order valence-electron chi connectivity index (χ1n) is 7.27. The SMILES string of the molecule is COc1cc2c(cc1O)CCCC2C1CCC(O)C1. The first-order chi connectivity index (χ1) is 9.19. The molecule has 0 amide bonds. The smallest absolute Gasteiger partial charge is 0.160 e. The Hall–Kier alpha value is -1.22. The van der Waals surface area contributed by atoms with Crippen molar-refractivity contribution in [3.8, 4) is 11.5 Å². The molecule has 0 saturated heterocycles. The molecule has 0 spiro atoms. The Morgan fingerprint density at radius 2 is 2.05 bits per heavy atom. The van der Waals surface area contributed by atoms with Gasteiger partial charge in [0.05, 0.1) is 13.2 Å². The van der Waals surface area contributed by atoms with Crippen molar-refractivity contribution in [2.75, 3.05) is 7.11 Å². The largest absolute Gasteiger partial charge is 0.504 e. The van der Waals surface area contributed by atoms with Crippen LogP contribution in [0.5, 0.6) is 11.5 Å². The number of aromatic hydroxyl groups is 1. The van der Waals surface area contributed by atoms with Gasteiger partial charge in [-0.3, -0.25) is 0 Å². The topological polar surface area (TPSA) is 49.7 Å². The quantitative estimate of drug-likeness (QED) is 0.861. The zero-order valence-electron chi connectivity index (χ0n) is 11.4. The molecule has 0 aromatic heterocycles. The number of benzene rings is 1. The minimum atomic E-state index is -0.116. The van der Waals surface area contributed by atoms with E-state index >= 15 is 0 Å². The summed E-state index contributed by atoms with van der Waals surface area (Å²) >= 11 is 0. The van der Waals surface area contributed by atoms with Crippen LogP contribution in [-0.4, -0.2) is 23.4 Å². The second kappa shape index (κ2) is 5.04. The molecule has 0 heterocycles. The molecule has 3 nitrogen and oxygen atoms in total. The molecular weight excluding hydrogens is 240 g/mol. The van der Waals surface area contributed by atoms with E-state index in [0.717, 1.165) is 25.7 Å². The molecule has 104 valence electrons. The van der Waals surface area contributed by atoms with Gasteiger partial charge < -0.3 is 14.9 Å². The van der Waals surface area contributed by atoms with Crippen molar-refractivity contribution in [3.63, 3.8) is 0 Å². The van der Waals surface area contributed by atoms with Gasteiger partial charge in [-0.1, -0.05) is 0 Å². The molecule has 1 aromatic carbocycles. The summed E-state index contributed by atoms with van der Waals surface area (Å²) in [7, 11) is 1.60. The van der Waals surface area contributed by atoms with E-state index in [1.54, 1.807) is 7.11 Å². The van der Waals surface area contributed by atoms with Gasteiger partial charge >= 0.3 is 0 Å². The third-order valence-electron chi connectivity index (χ3n) is 4.82. The van der Waals surface area contributed by atoms with Crippen LogP contribution >= 0.6 is 0 Å². The van der Waals surface area contributed by atoms with Crippen LogP contribution in [0, 0.1) is 5.92 Å². The summed E-state index contributed by atoms with van der Waals surface area (Å²) in [6, 6.07) is 3.88. The van der Waals surface area contributed by atoms with Crippen LogP contribution in [0.3, 0.4) is 0 Å². The van der Waals surface area contributed by atoms with Gasteiger partial charge in [0.2, 0.25) is 0 Å². The molecule has 3 heteroatoms. The van der Waals surface area contributed by atoms with Crippen LogP contribution in [0.2, 0.25) is 0 Å². The number of hydrogen-bond acceptors (Lipinski definition) is 3. The molecule has 1 saturated carbocycles. The number of fused-ring (bicyclic) bond motifs is 1. The monoisotopic (exact) mass is 262 g/mol. The number of methoxy groups -OCH3 is 1. The molecule has 3 atom stereocenters. The Morgan fingerprint density at radius 1 is 1.21 bits per heavy atom. The van der Waals surface area contributed by atoms with Crippen molar-refractivity contribution in [1.29, 1.82) is 0 Å². The Morgan fingerprint density at radius 3 is 2.74 bits per heavy atom. The second-order valence-electron chi connectivity index (χ2n) is 5.95. The average molecular weight is 262 g/mol. The van der Waals surface area contributed by atoms with E-state index < -0.39 is 0 Å². The molecule has 2 N–H and O–H groups in total. The number of aliphatic hydroxyl groups is 1. The maximum Gasteiger partial charge on any atom is 0.160 e. The first-order valence-corrected chi connectivity index (χ1v) is 7.27. The molecule has 3 unspecified atom stereocenters. The molecular formula is C16H22O3. The summed E-state index contributed by atoms with van der Waals surface area (Å²) in [5.74, 6) is 1.93. The van der Waals surface area contributed by atoms with Crippen LogP contribution < -0.4 is 4.74 Å². The molecule has 19 heavy (non-hydrogen) atoms. The van der Waals surface area contributed by atoms with E-state index in [1.807, 2.05) is 12.1 Å². The van der Waals surface area contributed by atoms with Gasteiger partial charge in [-0.05, 0) is 73.6 Å². The first kappa shape index (κ1) is 12.8. The van der Waals surface area contributed by atoms with Gasteiger partial charge in [0.25, 0.3) is 0 Å². The number of phenolic OH excluding ortho intramolecular Hbond substituents is 1. The molecule has 1 fully saturated rings. The zero-order chi connectivity index (χ0) is 13.4. The third-order valence-corrected chi connectivity index (χ3v) is 4.82. The molecule has 0 aliphatic heterocycles. The highest BCUT2D eigenvalue weighted by atomic mass is 16.5. The van der Waals surface area contributed by atoms with Gasteiger partial charge in [-0.2, -0.15) is 0 Å². The summed E-state index contributed by atoms with van der Waals surface area (Å²) in [6.07, 6.45) is 6.27. The minimum Gasteiger partial charge on any atom is -0.504 e. The Kier molecular flexibility index (Phi) is 3.40.